The van der Waals surface area contributed by atoms with E-state index in [0.29, 0.717) is 11.9 Å². The van der Waals surface area contributed by atoms with Crippen LogP contribution in [0.5, 0.6) is 0 Å². The summed E-state index contributed by atoms with van der Waals surface area (Å²) in [6, 6.07) is 9.79. The Morgan fingerprint density at radius 2 is 1.90 bits per heavy atom. The van der Waals surface area contributed by atoms with Crippen molar-refractivity contribution in [1.82, 2.24) is 29.5 Å². The highest BCUT2D eigenvalue weighted by Crippen LogP contribution is 2.20. The molecule has 4 heterocycles. The predicted molar refractivity (Wildman–Crippen MR) is 118 cm³/mol. The van der Waals surface area contributed by atoms with Crippen LogP contribution in [0.3, 0.4) is 0 Å². The van der Waals surface area contributed by atoms with Crippen LogP contribution in [0.1, 0.15) is 25.8 Å². The van der Waals surface area contributed by atoms with Gasteiger partial charge in [0.15, 0.2) is 5.65 Å². The molecule has 0 saturated heterocycles. The zero-order valence-electron chi connectivity index (χ0n) is 17.3. The van der Waals surface area contributed by atoms with Crippen LogP contribution in [0.15, 0.2) is 55.1 Å². The first kappa shape index (κ1) is 19.8. The van der Waals surface area contributed by atoms with Gasteiger partial charge in [0.25, 0.3) is 0 Å². The van der Waals surface area contributed by atoms with E-state index >= 15 is 0 Å². The largest absolute Gasteiger partial charge is 0.368 e. The fourth-order valence-corrected chi connectivity index (χ4v) is 3.08. The van der Waals surface area contributed by atoms with Gasteiger partial charge >= 0.3 is 0 Å². The maximum absolute atomic E-state index is 4.70. The Kier molecular flexibility index (Phi) is 6.12. The quantitative estimate of drug-likeness (QED) is 0.441. The zero-order valence-corrected chi connectivity index (χ0v) is 17.3. The Morgan fingerprint density at radius 1 is 0.967 bits per heavy atom. The lowest BCUT2D eigenvalue weighted by Gasteiger charge is -2.09. The number of fused-ring (bicyclic) bond motifs is 1. The number of anilines is 2. The van der Waals surface area contributed by atoms with Crippen molar-refractivity contribution < 1.29 is 0 Å². The van der Waals surface area contributed by atoms with Gasteiger partial charge in [0.1, 0.15) is 11.5 Å². The first-order chi connectivity index (χ1) is 14.7. The van der Waals surface area contributed by atoms with Crippen LogP contribution in [0.25, 0.3) is 17.0 Å². The van der Waals surface area contributed by atoms with E-state index in [1.54, 1.807) is 18.6 Å². The molecule has 30 heavy (non-hydrogen) atoms. The third-order valence-corrected chi connectivity index (χ3v) is 4.73. The molecule has 4 rings (SSSR count). The van der Waals surface area contributed by atoms with Crippen molar-refractivity contribution in [2.45, 2.75) is 26.7 Å². The number of imidazole rings is 1. The summed E-state index contributed by atoms with van der Waals surface area (Å²) < 4.78 is 1.81. The zero-order chi connectivity index (χ0) is 20.8. The number of nitrogens with one attached hydrogen (secondary N) is 2. The maximum Gasteiger partial charge on any atom is 0.223 e. The van der Waals surface area contributed by atoms with Gasteiger partial charge in [-0.05, 0) is 48.6 Å². The second-order valence-corrected chi connectivity index (χ2v) is 7.54. The summed E-state index contributed by atoms with van der Waals surface area (Å²) >= 11 is 0. The minimum absolute atomic E-state index is 0.619. The van der Waals surface area contributed by atoms with Crippen molar-refractivity contribution in [2.24, 2.45) is 5.92 Å². The molecular weight excluding hydrogens is 376 g/mol. The molecular formula is C22H26N8. The van der Waals surface area contributed by atoms with Crippen molar-refractivity contribution in [2.75, 3.05) is 23.7 Å². The summed E-state index contributed by atoms with van der Waals surface area (Å²) in [7, 11) is 0. The van der Waals surface area contributed by atoms with Gasteiger partial charge in [0.2, 0.25) is 5.95 Å². The van der Waals surface area contributed by atoms with Crippen LogP contribution in [-0.4, -0.2) is 42.6 Å². The van der Waals surface area contributed by atoms with E-state index < -0.39 is 0 Å². The molecule has 154 valence electrons. The highest BCUT2D eigenvalue weighted by Gasteiger charge is 2.10. The Labute approximate surface area is 175 Å². The molecule has 0 aliphatic carbocycles. The molecule has 0 saturated carbocycles. The molecule has 2 N–H and O–H groups in total. The Morgan fingerprint density at radius 3 is 2.73 bits per heavy atom. The van der Waals surface area contributed by atoms with Gasteiger partial charge in [-0.3, -0.25) is 4.98 Å². The molecule has 8 nitrogen and oxygen atoms in total. The lowest BCUT2D eigenvalue weighted by Crippen LogP contribution is -2.09. The summed E-state index contributed by atoms with van der Waals surface area (Å²) in [4.78, 5) is 17.6. The average Bonchev–Trinajstić information content (AvgIpc) is 3.18. The molecule has 8 heteroatoms. The highest BCUT2D eigenvalue weighted by atomic mass is 15.3. The molecule has 0 amide bonds. The van der Waals surface area contributed by atoms with Crippen LogP contribution in [0, 0.1) is 5.92 Å². The van der Waals surface area contributed by atoms with Crippen molar-refractivity contribution in [3.63, 3.8) is 0 Å². The van der Waals surface area contributed by atoms with E-state index in [1.165, 1.54) is 5.56 Å². The molecule has 0 unspecified atom stereocenters. The third-order valence-electron chi connectivity index (χ3n) is 4.73. The standard InChI is InChI=1S/C22H26N8/c1-16(2)7-11-25-22-26-13-9-18(28-22)19-15-27-21-6-5-20(29-30(19)21)24-12-8-17-4-3-10-23-14-17/h3-6,9-10,13-16H,7-8,11-12H2,1-2H3,(H,24,29)(H,25,26,28). The molecule has 0 aromatic carbocycles. The monoisotopic (exact) mass is 402 g/mol. The van der Waals surface area contributed by atoms with Gasteiger partial charge in [0.05, 0.1) is 11.9 Å². The predicted octanol–water partition coefficient (Wildman–Crippen LogP) is 3.69. The number of hydrogen-bond acceptors (Lipinski definition) is 7. The molecule has 4 aromatic heterocycles. The lowest BCUT2D eigenvalue weighted by molar-refractivity contribution is 0.606. The van der Waals surface area contributed by atoms with E-state index in [2.05, 4.69) is 50.5 Å². The number of aromatic nitrogens is 6. The minimum atomic E-state index is 0.619. The Balaban J connectivity index is 1.49. The van der Waals surface area contributed by atoms with Gasteiger partial charge in [0, 0.05) is 31.7 Å². The van der Waals surface area contributed by atoms with Crippen molar-refractivity contribution in [3.8, 4) is 11.4 Å². The highest BCUT2D eigenvalue weighted by molar-refractivity contribution is 5.61. The Hall–Kier alpha value is -3.55. The molecule has 0 atom stereocenters. The summed E-state index contributed by atoms with van der Waals surface area (Å²) in [6.45, 7) is 6.01. The SMILES string of the molecule is CC(C)CCNc1nccc(-c2cnc3ccc(NCCc4cccnc4)nn23)n1. The molecule has 0 spiro atoms. The van der Waals surface area contributed by atoms with E-state index in [4.69, 9.17) is 5.10 Å². The van der Waals surface area contributed by atoms with Crippen molar-refractivity contribution in [3.05, 3.63) is 60.7 Å². The second kappa shape index (κ2) is 9.30. The maximum atomic E-state index is 4.70. The van der Waals surface area contributed by atoms with Crippen LogP contribution in [0.4, 0.5) is 11.8 Å². The molecule has 0 bridgehead atoms. The van der Waals surface area contributed by atoms with Crippen LogP contribution >= 0.6 is 0 Å². The van der Waals surface area contributed by atoms with Crippen molar-refractivity contribution >= 4 is 17.4 Å². The van der Waals surface area contributed by atoms with Crippen LogP contribution in [-0.2, 0) is 6.42 Å². The summed E-state index contributed by atoms with van der Waals surface area (Å²) in [5.41, 5.74) is 3.57. The van der Waals surface area contributed by atoms with Gasteiger partial charge in [-0.25, -0.2) is 19.5 Å². The fraction of sp³-hybridized carbons (Fsp3) is 0.318. The number of pyridine rings is 1. The number of hydrogen-bond donors (Lipinski definition) is 2. The van der Waals surface area contributed by atoms with Gasteiger partial charge in [-0.15, -0.1) is 5.10 Å². The summed E-state index contributed by atoms with van der Waals surface area (Å²) in [5, 5.41) is 11.4. The number of nitrogens with zero attached hydrogens (tertiary/aromatic N) is 6. The first-order valence-electron chi connectivity index (χ1n) is 10.2. The Bertz CT molecular complexity index is 1090. The molecule has 0 aliphatic rings. The van der Waals surface area contributed by atoms with Crippen molar-refractivity contribution in [1.29, 1.82) is 0 Å². The lowest BCUT2D eigenvalue weighted by atomic mass is 10.1. The third kappa shape index (κ3) is 4.89. The molecule has 0 fully saturated rings. The van der Waals surface area contributed by atoms with Gasteiger partial charge in [-0.2, -0.15) is 0 Å². The average molecular weight is 403 g/mol. The van der Waals surface area contributed by atoms with E-state index in [-0.39, 0.29) is 0 Å². The van der Waals surface area contributed by atoms with Gasteiger partial charge < -0.3 is 10.6 Å². The fourth-order valence-electron chi connectivity index (χ4n) is 3.08. The van der Waals surface area contributed by atoms with Crippen LogP contribution < -0.4 is 10.6 Å². The minimum Gasteiger partial charge on any atom is -0.368 e. The summed E-state index contributed by atoms with van der Waals surface area (Å²) in [6.07, 6.45) is 9.16. The van der Waals surface area contributed by atoms with E-state index in [0.717, 1.165) is 48.8 Å². The van der Waals surface area contributed by atoms with Crippen LogP contribution in [0.2, 0.25) is 0 Å². The molecule has 0 radical (unpaired) electrons. The molecule has 4 aromatic rings. The van der Waals surface area contributed by atoms with Gasteiger partial charge in [-0.1, -0.05) is 19.9 Å². The first-order valence-corrected chi connectivity index (χ1v) is 10.2. The smallest absolute Gasteiger partial charge is 0.223 e. The van der Waals surface area contributed by atoms with E-state index in [1.807, 2.05) is 35.0 Å². The normalized spacial score (nSPS) is 11.2. The van der Waals surface area contributed by atoms with E-state index in [9.17, 15) is 0 Å². The number of rotatable bonds is 9. The topological polar surface area (TPSA) is 92.9 Å². The second-order valence-electron chi connectivity index (χ2n) is 7.54. The summed E-state index contributed by atoms with van der Waals surface area (Å²) in [5.74, 6) is 2.04. The molecule has 0 aliphatic heterocycles.